The highest BCUT2D eigenvalue weighted by molar-refractivity contribution is 7.90. The summed E-state index contributed by atoms with van der Waals surface area (Å²) in [7, 11) is -3.19. The Morgan fingerprint density at radius 1 is 1.30 bits per heavy atom. The SMILES string of the molecule is CCOCCCNCC(O)c1ccc(S(C)(=O)=O)cc1. The van der Waals surface area contributed by atoms with Crippen LogP contribution in [0.4, 0.5) is 0 Å². The highest BCUT2D eigenvalue weighted by Crippen LogP contribution is 2.15. The first-order valence-corrected chi connectivity index (χ1v) is 8.61. The van der Waals surface area contributed by atoms with E-state index in [1.54, 1.807) is 12.1 Å². The molecular weight excluding hydrogens is 278 g/mol. The number of aliphatic hydroxyl groups is 1. The average Bonchev–Trinajstić information content (AvgIpc) is 2.41. The van der Waals surface area contributed by atoms with Gasteiger partial charge in [0.15, 0.2) is 9.84 Å². The summed E-state index contributed by atoms with van der Waals surface area (Å²) in [5.74, 6) is 0. The molecule has 6 heteroatoms. The van der Waals surface area contributed by atoms with Gasteiger partial charge in [0.1, 0.15) is 0 Å². The van der Waals surface area contributed by atoms with Crippen LogP contribution in [-0.4, -0.2) is 46.1 Å². The largest absolute Gasteiger partial charge is 0.387 e. The molecule has 0 amide bonds. The fourth-order valence-electron chi connectivity index (χ4n) is 1.74. The maximum Gasteiger partial charge on any atom is 0.175 e. The van der Waals surface area contributed by atoms with Crippen molar-refractivity contribution < 1.29 is 18.3 Å². The van der Waals surface area contributed by atoms with Gasteiger partial charge in [0.2, 0.25) is 0 Å². The molecule has 0 saturated carbocycles. The normalized spacial score (nSPS) is 13.3. The van der Waals surface area contributed by atoms with E-state index in [0.29, 0.717) is 18.7 Å². The smallest absolute Gasteiger partial charge is 0.175 e. The van der Waals surface area contributed by atoms with Crippen LogP contribution in [0.2, 0.25) is 0 Å². The molecule has 2 N–H and O–H groups in total. The molecule has 1 unspecified atom stereocenters. The molecule has 0 aliphatic heterocycles. The number of aliphatic hydroxyl groups excluding tert-OH is 1. The van der Waals surface area contributed by atoms with Gasteiger partial charge in [0.25, 0.3) is 0 Å². The number of sulfone groups is 1. The number of nitrogens with one attached hydrogen (secondary N) is 1. The second kappa shape index (κ2) is 8.36. The molecule has 1 aromatic rings. The Hall–Kier alpha value is -0.950. The molecule has 0 aliphatic rings. The van der Waals surface area contributed by atoms with Gasteiger partial charge in [-0.15, -0.1) is 0 Å². The zero-order valence-corrected chi connectivity index (χ0v) is 12.8. The Balaban J connectivity index is 2.38. The summed E-state index contributed by atoms with van der Waals surface area (Å²) in [6, 6.07) is 6.32. The van der Waals surface area contributed by atoms with E-state index in [0.717, 1.165) is 19.6 Å². The molecule has 1 atom stereocenters. The minimum absolute atomic E-state index is 0.262. The topological polar surface area (TPSA) is 75.6 Å². The fraction of sp³-hybridized carbons (Fsp3) is 0.571. The van der Waals surface area contributed by atoms with Crippen molar-refractivity contribution in [1.29, 1.82) is 0 Å². The lowest BCUT2D eigenvalue weighted by Crippen LogP contribution is -2.23. The van der Waals surface area contributed by atoms with Crippen LogP contribution in [0.1, 0.15) is 25.0 Å². The highest BCUT2D eigenvalue weighted by Gasteiger charge is 2.10. The molecule has 20 heavy (non-hydrogen) atoms. The van der Waals surface area contributed by atoms with Gasteiger partial charge in [0, 0.05) is 26.0 Å². The Bertz CT molecular complexity index is 484. The number of hydrogen-bond donors (Lipinski definition) is 2. The van der Waals surface area contributed by atoms with Crippen LogP contribution in [0.3, 0.4) is 0 Å². The third kappa shape index (κ3) is 6.00. The van der Waals surface area contributed by atoms with E-state index in [4.69, 9.17) is 4.74 Å². The number of hydrogen-bond acceptors (Lipinski definition) is 5. The summed E-state index contributed by atoms with van der Waals surface area (Å²) in [4.78, 5) is 0.262. The molecule has 0 spiro atoms. The summed E-state index contributed by atoms with van der Waals surface area (Å²) in [6.45, 7) is 4.60. The molecule has 0 aromatic heterocycles. The van der Waals surface area contributed by atoms with Crippen molar-refractivity contribution in [2.24, 2.45) is 0 Å². The Kier molecular flexibility index (Phi) is 7.15. The number of benzene rings is 1. The molecule has 0 bridgehead atoms. The van der Waals surface area contributed by atoms with Crippen molar-refractivity contribution in [3.63, 3.8) is 0 Å². The Morgan fingerprint density at radius 2 is 1.95 bits per heavy atom. The zero-order valence-electron chi connectivity index (χ0n) is 12.0. The number of rotatable bonds is 9. The van der Waals surface area contributed by atoms with Gasteiger partial charge in [0.05, 0.1) is 11.0 Å². The van der Waals surface area contributed by atoms with Crippen molar-refractivity contribution >= 4 is 9.84 Å². The summed E-state index contributed by atoms with van der Waals surface area (Å²) < 4.78 is 27.9. The first-order chi connectivity index (χ1) is 9.45. The van der Waals surface area contributed by atoms with Crippen LogP contribution in [0.15, 0.2) is 29.2 Å². The lowest BCUT2D eigenvalue weighted by molar-refractivity contribution is 0.141. The summed E-state index contributed by atoms with van der Waals surface area (Å²) in [6.07, 6.45) is 1.42. The van der Waals surface area contributed by atoms with Crippen molar-refractivity contribution in [1.82, 2.24) is 5.32 Å². The van der Waals surface area contributed by atoms with Crippen molar-refractivity contribution in [2.45, 2.75) is 24.3 Å². The van der Waals surface area contributed by atoms with Gasteiger partial charge in [-0.05, 0) is 37.6 Å². The second-order valence-electron chi connectivity index (χ2n) is 4.61. The molecule has 1 aromatic carbocycles. The zero-order chi connectivity index (χ0) is 15.0. The summed E-state index contributed by atoms with van der Waals surface area (Å²) in [5.41, 5.74) is 0.703. The second-order valence-corrected chi connectivity index (χ2v) is 6.63. The maximum absolute atomic E-state index is 11.3. The molecule has 1 rings (SSSR count). The molecule has 0 saturated heterocycles. The first-order valence-electron chi connectivity index (χ1n) is 6.71. The lowest BCUT2D eigenvalue weighted by atomic mass is 10.1. The first kappa shape index (κ1) is 17.1. The van der Waals surface area contributed by atoms with E-state index in [1.165, 1.54) is 18.4 Å². The van der Waals surface area contributed by atoms with Crippen molar-refractivity contribution in [3.05, 3.63) is 29.8 Å². The minimum atomic E-state index is -3.19. The van der Waals surface area contributed by atoms with Gasteiger partial charge in [-0.3, -0.25) is 0 Å². The fourth-order valence-corrected chi connectivity index (χ4v) is 2.37. The van der Waals surface area contributed by atoms with E-state index in [2.05, 4.69) is 5.32 Å². The van der Waals surface area contributed by atoms with E-state index in [1.807, 2.05) is 6.92 Å². The molecule has 0 heterocycles. The summed E-state index contributed by atoms with van der Waals surface area (Å²) >= 11 is 0. The van der Waals surface area contributed by atoms with E-state index >= 15 is 0 Å². The van der Waals surface area contributed by atoms with Gasteiger partial charge < -0.3 is 15.2 Å². The van der Waals surface area contributed by atoms with Crippen LogP contribution in [-0.2, 0) is 14.6 Å². The van der Waals surface area contributed by atoms with Crippen LogP contribution in [0.5, 0.6) is 0 Å². The maximum atomic E-state index is 11.3. The molecular formula is C14H23NO4S. The van der Waals surface area contributed by atoms with E-state index in [9.17, 15) is 13.5 Å². The molecule has 114 valence electrons. The lowest BCUT2D eigenvalue weighted by Gasteiger charge is -2.12. The third-order valence-electron chi connectivity index (χ3n) is 2.88. The van der Waals surface area contributed by atoms with E-state index in [-0.39, 0.29) is 4.90 Å². The predicted octanol–water partition coefficient (Wildman–Crippen LogP) is 1.14. The number of ether oxygens (including phenoxy) is 1. The molecule has 5 nitrogen and oxygen atoms in total. The Labute approximate surface area is 120 Å². The van der Waals surface area contributed by atoms with Crippen molar-refractivity contribution in [2.75, 3.05) is 32.6 Å². The van der Waals surface area contributed by atoms with Gasteiger partial charge in [-0.1, -0.05) is 12.1 Å². The summed E-state index contributed by atoms with van der Waals surface area (Å²) in [5, 5.41) is 13.1. The highest BCUT2D eigenvalue weighted by atomic mass is 32.2. The van der Waals surface area contributed by atoms with Crippen LogP contribution < -0.4 is 5.32 Å². The van der Waals surface area contributed by atoms with Crippen LogP contribution in [0, 0.1) is 0 Å². The molecule has 0 aliphatic carbocycles. The quantitative estimate of drug-likeness (QED) is 0.669. The van der Waals surface area contributed by atoms with E-state index < -0.39 is 15.9 Å². The average molecular weight is 301 g/mol. The van der Waals surface area contributed by atoms with Gasteiger partial charge >= 0.3 is 0 Å². The van der Waals surface area contributed by atoms with Gasteiger partial charge in [-0.2, -0.15) is 0 Å². The monoisotopic (exact) mass is 301 g/mol. The molecule has 0 radical (unpaired) electrons. The van der Waals surface area contributed by atoms with Crippen LogP contribution in [0.25, 0.3) is 0 Å². The Morgan fingerprint density at radius 3 is 2.50 bits per heavy atom. The minimum Gasteiger partial charge on any atom is -0.387 e. The predicted molar refractivity (Wildman–Crippen MR) is 78.5 cm³/mol. The molecule has 0 fully saturated rings. The third-order valence-corrected chi connectivity index (χ3v) is 4.01. The standard InChI is InChI=1S/C14H23NO4S/c1-3-19-10-4-9-15-11-14(16)12-5-7-13(8-6-12)20(2,17)18/h5-8,14-16H,3-4,9-11H2,1-2H3. The van der Waals surface area contributed by atoms with Crippen molar-refractivity contribution in [3.8, 4) is 0 Å². The van der Waals surface area contributed by atoms with Gasteiger partial charge in [-0.25, -0.2) is 8.42 Å². The van der Waals surface area contributed by atoms with Crippen LogP contribution >= 0.6 is 0 Å².